The summed E-state index contributed by atoms with van der Waals surface area (Å²) >= 11 is 0. The lowest BCUT2D eigenvalue weighted by Gasteiger charge is -2.26. The third-order valence-corrected chi connectivity index (χ3v) is 6.84. The molecule has 0 spiro atoms. The Hall–Kier alpha value is -2.10. The van der Waals surface area contributed by atoms with Crippen LogP contribution in [0.25, 0.3) is 0 Å². The number of hydrogen-bond donors (Lipinski definition) is 0. The van der Waals surface area contributed by atoms with Crippen LogP contribution in [-0.4, -0.2) is 63.0 Å². The molecule has 148 valence electrons. The zero-order valence-electron chi connectivity index (χ0n) is 16.1. The predicted molar refractivity (Wildman–Crippen MR) is 99.9 cm³/mol. The van der Waals surface area contributed by atoms with E-state index in [1.165, 1.54) is 4.31 Å². The summed E-state index contributed by atoms with van der Waals surface area (Å²) in [6.45, 7) is 5.41. The van der Waals surface area contributed by atoms with Crippen LogP contribution in [0.15, 0.2) is 23.1 Å². The first-order chi connectivity index (χ1) is 12.9. The summed E-state index contributed by atoms with van der Waals surface area (Å²) in [6.07, 6.45) is 0. The molecule has 2 aromatic rings. The summed E-state index contributed by atoms with van der Waals surface area (Å²) in [7, 11) is -0.412. The highest BCUT2D eigenvalue weighted by Gasteiger charge is 2.32. The zero-order valence-corrected chi connectivity index (χ0v) is 16.9. The molecule has 1 fully saturated rings. The van der Waals surface area contributed by atoms with Gasteiger partial charge in [-0.05, 0) is 32.0 Å². The van der Waals surface area contributed by atoms with Crippen LogP contribution in [-0.2, 0) is 21.3 Å². The number of aromatic nitrogens is 2. The van der Waals surface area contributed by atoms with Crippen LogP contribution in [0.3, 0.4) is 0 Å². The third-order valence-electron chi connectivity index (χ3n) is 4.69. The Morgan fingerprint density at radius 3 is 2.48 bits per heavy atom. The number of nitrogens with zero attached hydrogens (tertiary/aromatic N) is 3. The second-order valence-electron chi connectivity index (χ2n) is 6.35. The Kier molecular flexibility index (Phi) is 5.73. The molecule has 0 amide bonds. The molecule has 27 heavy (non-hydrogen) atoms. The lowest BCUT2D eigenvalue weighted by atomic mass is 10.2. The van der Waals surface area contributed by atoms with E-state index in [0.29, 0.717) is 55.7 Å². The van der Waals surface area contributed by atoms with Gasteiger partial charge in [0, 0.05) is 18.7 Å². The lowest BCUT2D eigenvalue weighted by molar-refractivity contribution is 0.0730. The van der Waals surface area contributed by atoms with E-state index in [9.17, 15) is 8.42 Å². The molecule has 1 saturated heterocycles. The molecule has 1 aliphatic heterocycles. The van der Waals surface area contributed by atoms with E-state index in [-0.39, 0.29) is 4.90 Å². The van der Waals surface area contributed by atoms with Gasteiger partial charge in [0.25, 0.3) is 0 Å². The number of morpholine rings is 1. The maximum Gasteiger partial charge on any atom is 0.246 e. The largest absolute Gasteiger partial charge is 0.497 e. The monoisotopic (exact) mass is 395 g/mol. The summed E-state index contributed by atoms with van der Waals surface area (Å²) in [4.78, 5) is 0.270. The molecule has 0 saturated carbocycles. The molecule has 1 aromatic carbocycles. The number of rotatable bonds is 6. The number of benzene rings is 1. The molecule has 1 aliphatic rings. The van der Waals surface area contributed by atoms with Crippen molar-refractivity contribution in [2.75, 3.05) is 40.5 Å². The van der Waals surface area contributed by atoms with E-state index in [2.05, 4.69) is 5.10 Å². The molecule has 0 aliphatic carbocycles. The summed E-state index contributed by atoms with van der Waals surface area (Å²) < 4.78 is 45.3. The Morgan fingerprint density at radius 2 is 1.85 bits per heavy atom. The van der Waals surface area contributed by atoms with Crippen LogP contribution in [0.2, 0.25) is 0 Å². The van der Waals surface area contributed by atoms with Crippen molar-refractivity contribution >= 4 is 10.0 Å². The van der Waals surface area contributed by atoms with E-state index in [4.69, 9.17) is 14.2 Å². The Balaban J connectivity index is 1.97. The smallest absolute Gasteiger partial charge is 0.246 e. The highest BCUT2D eigenvalue weighted by atomic mass is 32.2. The molecule has 0 atom stereocenters. The summed E-state index contributed by atoms with van der Waals surface area (Å²) in [5, 5.41) is 4.48. The summed E-state index contributed by atoms with van der Waals surface area (Å²) in [6, 6.07) is 5.51. The van der Waals surface area contributed by atoms with Gasteiger partial charge in [-0.25, -0.2) is 8.42 Å². The average Bonchev–Trinajstić information content (AvgIpc) is 2.96. The van der Waals surface area contributed by atoms with Gasteiger partial charge in [-0.1, -0.05) is 0 Å². The molecule has 8 nitrogen and oxygen atoms in total. The van der Waals surface area contributed by atoms with Crippen molar-refractivity contribution in [1.82, 2.24) is 14.1 Å². The maximum absolute atomic E-state index is 13.1. The van der Waals surface area contributed by atoms with Crippen molar-refractivity contribution in [2.45, 2.75) is 25.3 Å². The quantitative estimate of drug-likeness (QED) is 0.739. The Morgan fingerprint density at radius 1 is 1.15 bits per heavy atom. The van der Waals surface area contributed by atoms with Crippen molar-refractivity contribution in [3.8, 4) is 11.5 Å². The molecule has 2 heterocycles. The van der Waals surface area contributed by atoms with Crippen LogP contribution in [0.4, 0.5) is 0 Å². The van der Waals surface area contributed by atoms with Crippen molar-refractivity contribution in [2.24, 2.45) is 0 Å². The van der Waals surface area contributed by atoms with E-state index in [1.54, 1.807) is 32.7 Å². The lowest BCUT2D eigenvalue weighted by Crippen LogP contribution is -2.41. The SMILES string of the molecule is COc1ccc(OC)c(Cn2nc(C)c(S(=O)(=O)N3CCOCC3)c2C)c1. The van der Waals surface area contributed by atoms with Crippen molar-refractivity contribution in [3.05, 3.63) is 35.2 Å². The van der Waals surface area contributed by atoms with Crippen LogP contribution < -0.4 is 9.47 Å². The maximum atomic E-state index is 13.1. The van der Waals surface area contributed by atoms with Gasteiger partial charge in [0.2, 0.25) is 10.0 Å². The van der Waals surface area contributed by atoms with Crippen LogP contribution in [0, 0.1) is 13.8 Å². The first-order valence-electron chi connectivity index (χ1n) is 8.71. The van der Waals surface area contributed by atoms with Gasteiger partial charge in [-0.3, -0.25) is 4.68 Å². The molecule has 3 rings (SSSR count). The van der Waals surface area contributed by atoms with Crippen molar-refractivity contribution in [3.63, 3.8) is 0 Å². The van der Waals surface area contributed by atoms with Gasteiger partial charge in [-0.2, -0.15) is 9.40 Å². The molecule has 9 heteroatoms. The zero-order chi connectivity index (χ0) is 19.6. The van der Waals surface area contributed by atoms with Crippen molar-refractivity contribution < 1.29 is 22.6 Å². The van der Waals surface area contributed by atoms with E-state index >= 15 is 0 Å². The average molecular weight is 395 g/mol. The fraction of sp³-hybridized carbons (Fsp3) is 0.500. The summed E-state index contributed by atoms with van der Waals surface area (Å²) in [5.41, 5.74) is 1.95. The van der Waals surface area contributed by atoms with Crippen molar-refractivity contribution in [1.29, 1.82) is 0 Å². The minimum absolute atomic E-state index is 0.270. The predicted octanol–water partition coefficient (Wildman–Crippen LogP) is 1.59. The van der Waals surface area contributed by atoms with Gasteiger partial charge in [0.1, 0.15) is 16.4 Å². The second-order valence-corrected chi connectivity index (χ2v) is 8.23. The topological polar surface area (TPSA) is 82.9 Å². The highest BCUT2D eigenvalue weighted by Crippen LogP contribution is 2.28. The normalized spacial score (nSPS) is 15.7. The first-order valence-corrected chi connectivity index (χ1v) is 10.1. The van der Waals surface area contributed by atoms with E-state index < -0.39 is 10.0 Å². The van der Waals surface area contributed by atoms with E-state index in [0.717, 1.165) is 5.56 Å². The third kappa shape index (κ3) is 3.80. The van der Waals surface area contributed by atoms with Gasteiger partial charge >= 0.3 is 0 Å². The van der Waals surface area contributed by atoms with Gasteiger partial charge in [-0.15, -0.1) is 0 Å². The van der Waals surface area contributed by atoms with Gasteiger partial charge in [0.05, 0.1) is 45.4 Å². The second kappa shape index (κ2) is 7.87. The highest BCUT2D eigenvalue weighted by molar-refractivity contribution is 7.89. The number of sulfonamides is 1. The number of methoxy groups -OCH3 is 2. The fourth-order valence-corrected chi connectivity index (χ4v) is 5.07. The fourth-order valence-electron chi connectivity index (χ4n) is 3.29. The van der Waals surface area contributed by atoms with Gasteiger partial charge < -0.3 is 14.2 Å². The molecule has 0 N–H and O–H groups in total. The van der Waals surface area contributed by atoms with E-state index in [1.807, 2.05) is 18.2 Å². The Labute approximate surface area is 159 Å². The molecule has 0 bridgehead atoms. The number of ether oxygens (including phenoxy) is 3. The molecular weight excluding hydrogens is 370 g/mol. The standard InChI is InChI=1S/C18H25N3O5S/c1-13-18(27(22,23)20-7-9-26-10-8-20)14(2)21(19-13)12-15-11-16(24-3)5-6-17(15)25-4/h5-6,11H,7-10,12H2,1-4H3. The molecular formula is C18H25N3O5S. The van der Waals surface area contributed by atoms with Crippen LogP contribution in [0.5, 0.6) is 11.5 Å². The van der Waals surface area contributed by atoms with Crippen LogP contribution in [0.1, 0.15) is 17.0 Å². The number of hydrogen-bond acceptors (Lipinski definition) is 6. The minimum Gasteiger partial charge on any atom is -0.497 e. The number of aryl methyl sites for hydroxylation is 1. The summed E-state index contributed by atoms with van der Waals surface area (Å²) in [5.74, 6) is 1.40. The Bertz CT molecular complexity index is 917. The molecule has 0 unspecified atom stereocenters. The molecule has 0 radical (unpaired) electrons. The van der Waals surface area contributed by atoms with Crippen LogP contribution >= 0.6 is 0 Å². The minimum atomic E-state index is -3.61. The van der Waals surface area contributed by atoms with Gasteiger partial charge in [0.15, 0.2) is 0 Å². The first kappa shape index (κ1) is 19.7. The molecule has 1 aromatic heterocycles.